The van der Waals surface area contributed by atoms with E-state index in [-0.39, 0.29) is 23.4 Å². The van der Waals surface area contributed by atoms with Gasteiger partial charge in [0.25, 0.3) is 0 Å². The minimum atomic E-state index is -1.17. The van der Waals surface area contributed by atoms with Crippen molar-refractivity contribution in [1.29, 1.82) is 5.26 Å². The molecular formula is C19H17ClFN3O3. The Hall–Kier alpha value is -2.95. The number of nitrogens with zero attached hydrogens (tertiary/aromatic N) is 1. The van der Waals surface area contributed by atoms with Crippen LogP contribution in [0.1, 0.15) is 18.1 Å². The van der Waals surface area contributed by atoms with Crippen molar-refractivity contribution in [3.63, 3.8) is 0 Å². The highest BCUT2D eigenvalue weighted by atomic mass is 35.5. The molecule has 8 heteroatoms. The molecule has 0 saturated heterocycles. The highest BCUT2D eigenvalue weighted by Gasteiger charge is 2.30. The number of rotatable bonds is 5. The fourth-order valence-electron chi connectivity index (χ4n) is 2.39. The first-order chi connectivity index (χ1) is 12.8. The van der Waals surface area contributed by atoms with Crippen molar-refractivity contribution in [2.24, 2.45) is 0 Å². The molecule has 140 valence electrons. The van der Waals surface area contributed by atoms with Gasteiger partial charge in [-0.1, -0.05) is 29.8 Å². The summed E-state index contributed by atoms with van der Waals surface area (Å²) in [5.41, 5.74) is -0.646. The van der Waals surface area contributed by atoms with Crippen LogP contribution in [-0.2, 0) is 19.9 Å². The molecule has 1 atom stereocenters. The van der Waals surface area contributed by atoms with E-state index in [9.17, 15) is 14.0 Å². The lowest BCUT2D eigenvalue weighted by Crippen LogP contribution is -2.44. The molecule has 2 rings (SSSR count). The molecule has 0 heterocycles. The number of carbonyl (C=O) groups is 2. The topological polar surface area (TPSA) is 91.2 Å². The zero-order valence-electron chi connectivity index (χ0n) is 14.7. The first-order valence-corrected chi connectivity index (χ1v) is 8.27. The molecule has 2 aromatic carbocycles. The zero-order chi connectivity index (χ0) is 20.0. The molecule has 6 nitrogen and oxygen atoms in total. The van der Waals surface area contributed by atoms with E-state index in [1.807, 2.05) is 6.07 Å². The summed E-state index contributed by atoms with van der Waals surface area (Å²) in [4.78, 5) is 24.2. The van der Waals surface area contributed by atoms with Crippen molar-refractivity contribution >= 4 is 29.1 Å². The second-order valence-electron chi connectivity index (χ2n) is 5.85. The van der Waals surface area contributed by atoms with Gasteiger partial charge in [-0.2, -0.15) is 5.26 Å². The molecule has 0 saturated carbocycles. The number of anilines is 1. The summed E-state index contributed by atoms with van der Waals surface area (Å²) in [6, 6.07) is 12.2. The predicted octanol–water partition coefficient (Wildman–Crippen LogP) is 2.97. The average molecular weight is 390 g/mol. The molecule has 2 N–H and O–H groups in total. The normalized spacial score (nSPS) is 12.6. The minimum Gasteiger partial charge on any atom is -0.372 e. The summed E-state index contributed by atoms with van der Waals surface area (Å²) in [7, 11) is 1.38. The Kier molecular flexibility index (Phi) is 6.50. The molecule has 27 heavy (non-hydrogen) atoms. The number of carbonyl (C=O) groups excluding carboxylic acids is 2. The van der Waals surface area contributed by atoms with Crippen molar-refractivity contribution < 1.29 is 18.7 Å². The molecule has 0 aliphatic heterocycles. The number of nitrogens with one attached hydrogen (secondary N) is 2. The number of nitriles is 1. The molecule has 0 spiro atoms. The fraction of sp³-hybridized carbons (Fsp3) is 0.211. The third-order valence-electron chi connectivity index (χ3n) is 4.04. The average Bonchev–Trinajstić information content (AvgIpc) is 2.66. The van der Waals surface area contributed by atoms with Crippen LogP contribution in [0.15, 0.2) is 42.5 Å². The first kappa shape index (κ1) is 20.4. The zero-order valence-corrected chi connectivity index (χ0v) is 15.4. The lowest BCUT2D eigenvalue weighted by molar-refractivity contribution is -0.137. The van der Waals surface area contributed by atoms with E-state index >= 15 is 0 Å². The largest absolute Gasteiger partial charge is 0.372 e. The molecule has 0 fully saturated rings. The summed E-state index contributed by atoms with van der Waals surface area (Å²) < 4.78 is 19.4. The Bertz CT molecular complexity index is 913. The van der Waals surface area contributed by atoms with Crippen molar-refractivity contribution in [2.45, 2.75) is 12.5 Å². The summed E-state index contributed by atoms with van der Waals surface area (Å²) in [5, 5.41) is 14.1. The maximum Gasteiger partial charge on any atom is 0.313 e. The van der Waals surface area contributed by atoms with Gasteiger partial charge in [0, 0.05) is 17.7 Å². The highest BCUT2D eigenvalue weighted by molar-refractivity contribution is 6.40. The maximum absolute atomic E-state index is 14.0. The third-order valence-corrected chi connectivity index (χ3v) is 4.27. The van der Waals surface area contributed by atoms with Gasteiger partial charge in [0.15, 0.2) is 0 Å². The summed E-state index contributed by atoms with van der Waals surface area (Å²) in [6.07, 6.45) is 0. The second-order valence-corrected chi connectivity index (χ2v) is 6.29. The van der Waals surface area contributed by atoms with Crippen molar-refractivity contribution in [3.05, 3.63) is 64.4 Å². The van der Waals surface area contributed by atoms with Gasteiger partial charge in [-0.3, -0.25) is 9.59 Å². The number of ether oxygens (including phenoxy) is 1. The number of benzene rings is 2. The number of halogens is 2. The maximum atomic E-state index is 14.0. The molecule has 0 aromatic heterocycles. The van der Waals surface area contributed by atoms with Gasteiger partial charge in [-0.15, -0.1) is 0 Å². The van der Waals surface area contributed by atoms with E-state index in [2.05, 4.69) is 10.6 Å². The van der Waals surface area contributed by atoms with Gasteiger partial charge in [-0.05, 0) is 31.2 Å². The molecule has 2 amide bonds. The van der Waals surface area contributed by atoms with Gasteiger partial charge in [0.1, 0.15) is 17.5 Å². The number of hydrogen-bond acceptors (Lipinski definition) is 4. The smallest absolute Gasteiger partial charge is 0.313 e. The van der Waals surface area contributed by atoms with E-state index < -0.39 is 23.2 Å². The van der Waals surface area contributed by atoms with Crippen molar-refractivity contribution in [2.75, 3.05) is 19.0 Å². The molecule has 2 aromatic rings. The van der Waals surface area contributed by atoms with E-state index in [1.165, 1.54) is 37.4 Å². The lowest BCUT2D eigenvalue weighted by atomic mass is 9.95. The monoisotopic (exact) mass is 389 g/mol. The van der Waals surface area contributed by atoms with Crippen molar-refractivity contribution in [1.82, 2.24) is 5.32 Å². The molecule has 0 unspecified atom stereocenters. The van der Waals surface area contributed by atoms with Crippen LogP contribution >= 0.6 is 11.6 Å². The van der Waals surface area contributed by atoms with Crippen LogP contribution < -0.4 is 10.6 Å². The van der Waals surface area contributed by atoms with Crippen LogP contribution in [0.25, 0.3) is 0 Å². The number of amides is 2. The fourth-order valence-corrected chi connectivity index (χ4v) is 2.57. The Morgan fingerprint density at radius 2 is 1.96 bits per heavy atom. The molecule has 0 bridgehead atoms. The van der Waals surface area contributed by atoms with Crippen LogP contribution in [0, 0.1) is 17.1 Å². The van der Waals surface area contributed by atoms with Gasteiger partial charge in [-0.25, -0.2) is 4.39 Å². The van der Waals surface area contributed by atoms with Gasteiger partial charge in [0.05, 0.1) is 17.8 Å². The number of methoxy groups -OCH3 is 1. The molecule has 0 aliphatic carbocycles. The summed E-state index contributed by atoms with van der Waals surface area (Å²) in [6.45, 7) is 1.45. The summed E-state index contributed by atoms with van der Waals surface area (Å²) in [5.74, 6) is -2.43. The molecular weight excluding hydrogens is 373 g/mol. The van der Waals surface area contributed by atoms with E-state index in [1.54, 1.807) is 19.1 Å². The van der Waals surface area contributed by atoms with Gasteiger partial charge >= 0.3 is 11.8 Å². The van der Waals surface area contributed by atoms with Gasteiger partial charge < -0.3 is 15.4 Å². The van der Waals surface area contributed by atoms with Crippen LogP contribution in [0.3, 0.4) is 0 Å². The van der Waals surface area contributed by atoms with E-state index in [4.69, 9.17) is 21.6 Å². The summed E-state index contributed by atoms with van der Waals surface area (Å²) >= 11 is 5.85. The van der Waals surface area contributed by atoms with Crippen LogP contribution in [0.4, 0.5) is 10.1 Å². The SMILES string of the molecule is CO[C@](C)(CNC(=O)C(=O)Nc1cc(Cl)ccc1C#N)c1ccccc1F. The quantitative estimate of drug-likeness (QED) is 0.769. The first-order valence-electron chi connectivity index (χ1n) is 7.89. The Balaban J connectivity index is 2.09. The van der Waals surface area contributed by atoms with Crippen LogP contribution in [0.2, 0.25) is 5.02 Å². The minimum absolute atomic E-state index is 0.119. The van der Waals surface area contributed by atoms with Crippen LogP contribution in [-0.4, -0.2) is 25.5 Å². The van der Waals surface area contributed by atoms with E-state index in [0.717, 1.165) is 0 Å². The highest BCUT2D eigenvalue weighted by Crippen LogP contribution is 2.26. The number of hydrogen-bond donors (Lipinski definition) is 2. The lowest BCUT2D eigenvalue weighted by Gasteiger charge is -2.29. The predicted molar refractivity (Wildman–Crippen MR) is 98.6 cm³/mol. The third kappa shape index (κ3) is 4.82. The standard InChI is InChI=1S/C19H17ClFN3O3/c1-19(27-2,14-5-3-4-6-15(14)21)11-23-17(25)18(26)24-16-9-13(20)8-7-12(16)10-22/h3-9H,11H2,1-2H3,(H,23,25)(H,24,26)/t19-/m1/s1. The molecule has 0 aliphatic rings. The Labute approximate surface area is 160 Å². The van der Waals surface area contributed by atoms with Gasteiger partial charge in [0.2, 0.25) is 0 Å². The molecule has 0 radical (unpaired) electrons. The Morgan fingerprint density at radius 1 is 1.26 bits per heavy atom. The van der Waals surface area contributed by atoms with E-state index in [0.29, 0.717) is 5.02 Å². The van der Waals surface area contributed by atoms with Crippen molar-refractivity contribution in [3.8, 4) is 6.07 Å². The van der Waals surface area contributed by atoms with Crippen LogP contribution in [0.5, 0.6) is 0 Å². The Morgan fingerprint density at radius 3 is 2.59 bits per heavy atom. The second kappa shape index (κ2) is 8.62.